The van der Waals surface area contributed by atoms with Crippen molar-refractivity contribution in [1.82, 2.24) is 0 Å². The molecule has 0 spiro atoms. The smallest absolute Gasteiger partial charge is 0.323 e. The fourth-order valence-corrected chi connectivity index (χ4v) is 4.53. The fourth-order valence-electron chi connectivity index (χ4n) is 4.53. The third-order valence-corrected chi connectivity index (χ3v) is 6.54. The highest BCUT2D eigenvalue weighted by molar-refractivity contribution is 6.04. The van der Waals surface area contributed by atoms with E-state index in [9.17, 15) is 14.4 Å². The number of rotatable bonds is 4. The number of ether oxygens (including phenoxy) is 2. The van der Waals surface area contributed by atoms with E-state index in [1.54, 1.807) is 0 Å². The molecule has 1 fully saturated rings. The van der Waals surface area contributed by atoms with Gasteiger partial charge in [-0.05, 0) is 61.7 Å². The van der Waals surface area contributed by atoms with E-state index in [1.165, 1.54) is 14.2 Å². The van der Waals surface area contributed by atoms with E-state index in [-0.39, 0.29) is 24.0 Å². The molecule has 0 N–H and O–H groups in total. The van der Waals surface area contributed by atoms with E-state index in [0.717, 1.165) is 36.0 Å². The number of carbonyl (C=O) groups excluding carboxylic acids is 3. The minimum absolute atomic E-state index is 0.0667. The van der Waals surface area contributed by atoms with Gasteiger partial charge in [0.1, 0.15) is 0 Å². The average Bonchev–Trinajstić information content (AvgIpc) is 3.06. The van der Waals surface area contributed by atoms with Crippen molar-refractivity contribution in [2.75, 3.05) is 14.2 Å². The molecule has 0 aromatic carbocycles. The van der Waals surface area contributed by atoms with Gasteiger partial charge < -0.3 is 9.47 Å². The Labute approximate surface area is 155 Å². The number of hydrogen-bond donors (Lipinski definition) is 0. The lowest BCUT2D eigenvalue weighted by atomic mass is 9.70. The summed E-state index contributed by atoms with van der Waals surface area (Å²) in [5, 5.41) is 0. The largest absolute Gasteiger partial charge is 0.468 e. The Hall–Kier alpha value is -1.91. The molecule has 0 radical (unpaired) electrons. The first-order chi connectivity index (χ1) is 12.2. The van der Waals surface area contributed by atoms with Crippen LogP contribution in [0.5, 0.6) is 0 Å². The zero-order valence-electron chi connectivity index (χ0n) is 16.8. The number of methoxy groups -OCH3 is 2. The van der Waals surface area contributed by atoms with Crippen molar-refractivity contribution in [3.63, 3.8) is 0 Å². The van der Waals surface area contributed by atoms with Crippen LogP contribution in [0.1, 0.15) is 66.2 Å². The standard InChI is InChI=1S/C21H30O5/c1-7-20(8-2)9-13(3)15-10-21(18(23)25-5,19(24)26-6)11-16(15)14(4)17(22)12-20/h7-12H2,1-6H3/b15-13-,16-14-. The molecule has 5 nitrogen and oxygen atoms in total. The third-order valence-electron chi connectivity index (χ3n) is 6.54. The number of carbonyl (C=O) groups is 3. The first-order valence-corrected chi connectivity index (χ1v) is 9.29. The topological polar surface area (TPSA) is 69.7 Å². The van der Waals surface area contributed by atoms with Gasteiger partial charge in [0.15, 0.2) is 11.2 Å². The summed E-state index contributed by atoms with van der Waals surface area (Å²) in [6.07, 6.45) is 3.55. The predicted octanol–water partition coefficient (Wildman–Crippen LogP) is 3.91. The molecule has 0 heterocycles. The van der Waals surface area contributed by atoms with Crippen molar-refractivity contribution in [1.29, 1.82) is 0 Å². The number of allylic oxidation sites excluding steroid dienone is 4. The monoisotopic (exact) mass is 362 g/mol. The van der Waals surface area contributed by atoms with Crippen LogP contribution in [0, 0.1) is 10.8 Å². The van der Waals surface area contributed by atoms with Crippen molar-refractivity contribution in [3.05, 3.63) is 22.3 Å². The van der Waals surface area contributed by atoms with Crippen LogP contribution < -0.4 is 0 Å². The highest BCUT2D eigenvalue weighted by atomic mass is 16.5. The van der Waals surface area contributed by atoms with Crippen LogP contribution in [-0.4, -0.2) is 31.9 Å². The Balaban J connectivity index is 2.66. The summed E-state index contributed by atoms with van der Waals surface area (Å²) in [5.41, 5.74) is 2.15. The quantitative estimate of drug-likeness (QED) is 0.560. The molecule has 2 aliphatic carbocycles. The van der Waals surface area contributed by atoms with Crippen molar-refractivity contribution < 1.29 is 23.9 Å². The Kier molecular flexibility index (Phi) is 5.79. The molecule has 5 heteroatoms. The van der Waals surface area contributed by atoms with E-state index in [1.807, 2.05) is 6.92 Å². The van der Waals surface area contributed by atoms with Crippen LogP contribution in [0.25, 0.3) is 0 Å². The van der Waals surface area contributed by atoms with Crippen molar-refractivity contribution in [3.8, 4) is 0 Å². The lowest BCUT2D eigenvalue weighted by molar-refractivity contribution is -0.168. The van der Waals surface area contributed by atoms with Crippen LogP contribution in [0.4, 0.5) is 0 Å². The SMILES string of the molecule is CCC1(CC)CC(=O)/C(C)=C2/CC(C(=O)OC)(C(=O)OC)C/C2=C(\C)C1. The van der Waals surface area contributed by atoms with Crippen LogP contribution in [-0.2, 0) is 23.9 Å². The highest BCUT2D eigenvalue weighted by Gasteiger charge is 2.55. The molecule has 0 aliphatic heterocycles. The first-order valence-electron chi connectivity index (χ1n) is 9.29. The summed E-state index contributed by atoms with van der Waals surface area (Å²) in [5.74, 6) is -1.08. The Morgan fingerprint density at radius 3 is 1.85 bits per heavy atom. The van der Waals surface area contributed by atoms with Gasteiger partial charge in [0.25, 0.3) is 0 Å². The second-order valence-corrected chi connectivity index (χ2v) is 7.77. The lowest BCUT2D eigenvalue weighted by Gasteiger charge is -2.34. The molecule has 0 aromatic heterocycles. The van der Waals surface area contributed by atoms with Crippen molar-refractivity contribution in [2.45, 2.75) is 66.2 Å². The first kappa shape index (κ1) is 20.4. The molecule has 2 aliphatic rings. The zero-order valence-corrected chi connectivity index (χ0v) is 16.8. The van der Waals surface area contributed by atoms with Gasteiger partial charge in [-0.3, -0.25) is 14.4 Å². The number of esters is 2. The second kappa shape index (κ2) is 7.37. The van der Waals surface area contributed by atoms with Gasteiger partial charge in [0.05, 0.1) is 14.2 Å². The minimum atomic E-state index is -1.39. The summed E-state index contributed by atoms with van der Waals surface area (Å²) < 4.78 is 9.88. The normalized spacial score (nSPS) is 27.4. The molecule has 0 aromatic rings. The average molecular weight is 362 g/mol. The van der Waals surface area contributed by atoms with E-state index >= 15 is 0 Å². The van der Waals surface area contributed by atoms with E-state index < -0.39 is 17.4 Å². The third kappa shape index (κ3) is 3.12. The number of fused-ring (bicyclic) bond motifs is 1. The summed E-state index contributed by atoms with van der Waals surface area (Å²) in [7, 11) is 2.56. The van der Waals surface area contributed by atoms with Crippen LogP contribution in [0.15, 0.2) is 22.3 Å². The fraction of sp³-hybridized carbons (Fsp3) is 0.667. The Morgan fingerprint density at radius 2 is 1.38 bits per heavy atom. The van der Waals surface area contributed by atoms with E-state index in [0.29, 0.717) is 12.0 Å². The molecule has 2 rings (SSSR count). The molecule has 1 saturated carbocycles. The van der Waals surface area contributed by atoms with Gasteiger partial charge in [-0.25, -0.2) is 0 Å². The lowest BCUT2D eigenvalue weighted by Crippen LogP contribution is -2.38. The molecule has 0 saturated heterocycles. The van der Waals surface area contributed by atoms with Gasteiger partial charge in [-0.2, -0.15) is 0 Å². The zero-order chi connectivity index (χ0) is 19.7. The molecule has 0 unspecified atom stereocenters. The molecular weight excluding hydrogens is 332 g/mol. The molecule has 144 valence electrons. The minimum Gasteiger partial charge on any atom is -0.468 e. The summed E-state index contributed by atoms with van der Waals surface area (Å²) in [6, 6.07) is 0. The van der Waals surface area contributed by atoms with E-state index in [2.05, 4.69) is 20.8 Å². The molecule has 0 bridgehead atoms. The Bertz CT molecular complexity index is 675. The molecule has 0 atom stereocenters. The van der Waals surface area contributed by atoms with Gasteiger partial charge in [0, 0.05) is 12.8 Å². The van der Waals surface area contributed by atoms with Crippen LogP contribution >= 0.6 is 0 Å². The second-order valence-electron chi connectivity index (χ2n) is 7.77. The van der Waals surface area contributed by atoms with Gasteiger partial charge in [0.2, 0.25) is 0 Å². The van der Waals surface area contributed by atoms with Gasteiger partial charge >= 0.3 is 11.9 Å². The predicted molar refractivity (Wildman–Crippen MR) is 98.4 cm³/mol. The molecule has 26 heavy (non-hydrogen) atoms. The maximum atomic E-state index is 12.9. The maximum Gasteiger partial charge on any atom is 0.323 e. The van der Waals surface area contributed by atoms with Crippen molar-refractivity contribution >= 4 is 17.7 Å². The summed E-state index contributed by atoms with van der Waals surface area (Å²) in [4.78, 5) is 38.0. The number of ketones is 1. The molecular formula is C21H30O5. The van der Waals surface area contributed by atoms with Gasteiger partial charge in [-0.1, -0.05) is 19.4 Å². The van der Waals surface area contributed by atoms with Crippen LogP contribution in [0.2, 0.25) is 0 Å². The van der Waals surface area contributed by atoms with Crippen molar-refractivity contribution in [2.24, 2.45) is 10.8 Å². The molecule has 0 amide bonds. The van der Waals surface area contributed by atoms with Crippen LogP contribution in [0.3, 0.4) is 0 Å². The highest BCUT2D eigenvalue weighted by Crippen LogP contribution is 2.52. The summed E-state index contributed by atoms with van der Waals surface area (Å²) >= 11 is 0. The van der Waals surface area contributed by atoms with E-state index in [4.69, 9.17) is 9.47 Å². The number of hydrogen-bond acceptors (Lipinski definition) is 5. The Morgan fingerprint density at radius 1 is 0.885 bits per heavy atom. The van der Waals surface area contributed by atoms with Gasteiger partial charge in [-0.15, -0.1) is 0 Å². The number of Topliss-reactive ketones (excluding diaryl/α,β-unsaturated/α-hetero) is 1. The maximum absolute atomic E-state index is 12.9. The summed E-state index contributed by atoms with van der Waals surface area (Å²) in [6.45, 7) is 8.12.